The van der Waals surface area contributed by atoms with Crippen LogP contribution in [0.2, 0.25) is 5.02 Å². The van der Waals surface area contributed by atoms with Gasteiger partial charge in [-0.2, -0.15) is 0 Å². The van der Waals surface area contributed by atoms with Crippen molar-refractivity contribution in [1.82, 2.24) is 9.55 Å². The topological polar surface area (TPSA) is 81.1 Å². The lowest BCUT2D eigenvalue weighted by Crippen LogP contribution is -2.13. The third kappa shape index (κ3) is 5.65. The molecule has 1 heterocycles. The van der Waals surface area contributed by atoms with Crippen LogP contribution >= 0.6 is 23.4 Å². The molecule has 6 nitrogen and oxygen atoms in total. The Kier molecular flexibility index (Phi) is 6.88. The maximum atomic E-state index is 12.9. The largest absolute Gasteiger partial charge is 0.329 e. The fraction of sp³-hybridized carbons (Fsp3) is 0.0833. The van der Waals surface area contributed by atoms with Gasteiger partial charge in [0.15, 0.2) is 15.0 Å². The molecule has 0 aliphatic carbocycles. The number of anilines is 1. The van der Waals surface area contributed by atoms with E-state index in [9.17, 15) is 13.2 Å². The van der Waals surface area contributed by atoms with Gasteiger partial charge in [0.2, 0.25) is 0 Å². The van der Waals surface area contributed by atoms with Crippen molar-refractivity contribution >= 4 is 44.8 Å². The molecule has 9 heteroatoms. The molecular formula is C24H20ClN3O3S2. The zero-order chi connectivity index (χ0) is 23.4. The smallest absolute Gasteiger partial charge is 0.255 e. The van der Waals surface area contributed by atoms with Crippen LogP contribution in [-0.2, 0) is 22.6 Å². The molecule has 0 aliphatic rings. The number of aryl methyl sites for hydroxylation is 1. The highest BCUT2D eigenvalue weighted by molar-refractivity contribution is 7.99. The summed E-state index contributed by atoms with van der Waals surface area (Å²) in [5.74, 6) is -0.464. The number of rotatable bonds is 7. The first kappa shape index (κ1) is 23.1. The predicted octanol–water partition coefficient (Wildman–Crippen LogP) is 5.45. The molecule has 1 amide bonds. The number of hydrogen-bond acceptors (Lipinski definition) is 5. The Hall–Kier alpha value is -3.07. The molecule has 0 fully saturated rings. The van der Waals surface area contributed by atoms with Crippen LogP contribution in [0.5, 0.6) is 0 Å². The van der Waals surface area contributed by atoms with Gasteiger partial charge in [0.05, 0.1) is 16.3 Å². The summed E-state index contributed by atoms with van der Waals surface area (Å²) in [7, 11) is -1.57. The fourth-order valence-corrected chi connectivity index (χ4v) is 5.53. The normalized spacial score (nSPS) is 11.3. The van der Waals surface area contributed by atoms with Crippen molar-refractivity contribution in [3.63, 3.8) is 0 Å². The molecule has 168 valence electrons. The molecule has 0 atom stereocenters. The Balaban J connectivity index is 1.49. The zero-order valence-electron chi connectivity index (χ0n) is 17.6. The van der Waals surface area contributed by atoms with Gasteiger partial charge in [0, 0.05) is 34.9 Å². The van der Waals surface area contributed by atoms with Crippen LogP contribution in [0.3, 0.4) is 0 Å². The molecule has 0 bridgehead atoms. The second kappa shape index (κ2) is 9.82. The lowest BCUT2D eigenvalue weighted by molar-refractivity contribution is 0.102. The molecule has 0 spiro atoms. The highest BCUT2D eigenvalue weighted by Crippen LogP contribution is 2.34. The molecule has 33 heavy (non-hydrogen) atoms. The minimum absolute atomic E-state index is 0.141. The third-order valence-corrected chi connectivity index (χ3v) is 7.93. The fourth-order valence-electron chi connectivity index (χ4n) is 3.11. The van der Waals surface area contributed by atoms with Crippen molar-refractivity contribution in [2.24, 2.45) is 7.05 Å². The van der Waals surface area contributed by atoms with Crippen LogP contribution in [-0.4, -0.2) is 23.9 Å². The lowest BCUT2D eigenvalue weighted by Gasteiger charge is -2.12. The van der Waals surface area contributed by atoms with Gasteiger partial charge in [-0.25, -0.2) is 13.4 Å². The van der Waals surface area contributed by atoms with E-state index in [2.05, 4.69) is 10.3 Å². The van der Waals surface area contributed by atoms with E-state index in [0.717, 1.165) is 10.1 Å². The predicted molar refractivity (Wildman–Crippen MR) is 131 cm³/mol. The van der Waals surface area contributed by atoms with Gasteiger partial charge in [0.25, 0.3) is 5.91 Å². The molecule has 0 unspecified atom stereocenters. The summed E-state index contributed by atoms with van der Waals surface area (Å²) in [6, 6.07) is 20.1. The minimum Gasteiger partial charge on any atom is -0.329 e. The van der Waals surface area contributed by atoms with E-state index in [-0.39, 0.29) is 16.6 Å². The lowest BCUT2D eigenvalue weighted by atomic mass is 10.1. The van der Waals surface area contributed by atoms with Crippen LogP contribution < -0.4 is 5.32 Å². The Morgan fingerprint density at radius 2 is 1.79 bits per heavy atom. The van der Waals surface area contributed by atoms with Gasteiger partial charge >= 0.3 is 0 Å². The quantitative estimate of drug-likeness (QED) is 0.367. The van der Waals surface area contributed by atoms with E-state index in [0.29, 0.717) is 21.8 Å². The van der Waals surface area contributed by atoms with Crippen molar-refractivity contribution in [2.75, 3.05) is 5.32 Å². The van der Waals surface area contributed by atoms with Crippen LogP contribution in [0.1, 0.15) is 15.9 Å². The van der Waals surface area contributed by atoms with E-state index < -0.39 is 9.84 Å². The van der Waals surface area contributed by atoms with Gasteiger partial charge in [-0.1, -0.05) is 41.9 Å². The summed E-state index contributed by atoms with van der Waals surface area (Å²) in [6.07, 6.45) is 3.55. The molecular weight excluding hydrogens is 478 g/mol. The molecule has 0 radical (unpaired) electrons. The average Bonchev–Trinajstić information content (AvgIpc) is 3.20. The molecule has 0 saturated carbocycles. The molecule has 0 saturated heterocycles. The highest BCUT2D eigenvalue weighted by Gasteiger charge is 2.16. The van der Waals surface area contributed by atoms with Gasteiger partial charge in [-0.05, 0) is 59.8 Å². The molecule has 4 aromatic rings. The van der Waals surface area contributed by atoms with Crippen molar-refractivity contribution in [3.8, 4) is 0 Å². The minimum atomic E-state index is -3.46. The number of carbonyl (C=O) groups is 1. The van der Waals surface area contributed by atoms with Gasteiger partial charge < -0.3 is 9.88 Å². The first-order valence-corrected chi connectivity index (χ1v) is 12.8. The second-order valence-electron chi connectivity index (χ2n) is 7.29. The van der Waals surface area contributed by atoms with Crippen LogP contribution in [0.15, 0.2) is 100 Å². The van der Waals surface area contributed by atoms with Gasteiger partial charge in [-0.15, -0.1) is 0 Å². The number of hydrogen-bond donors (Lipinski definition) is 1. The van der Waals surface area contributed by atoms with Crippen molar-refractivity contribution in [1.29, 1.82) is 0 Å². The number of imidazole rings is 1. The number of benzene rings is 3. The average molecular weight is 498 g/mol. The summed E-state index contributed by atoms with van der Waals surface area (Å²) in [5.41, 5.74) is 1.57. The molecule has 1 aromatic heterocycles. The molecule has 3 aromatic carbocycles. The molecule has 4 rings (SSSR count). The summed E-state index contributed by atoms with van der Waals surface area (Å²) in [5, 5.41) is 4.16. The first-order valence-electron chi connectivity index (χ1n) is 9.95. The Morgan fingerprint density at radius 3 is 2.45 bits per heavy atom. The summed E-state index contributed by atoms with van der Waals surface area (Å²) < 4.78 is 27.1. The number of nitrogens with one attached hydrogen (secondary N) is 1. The van der Waals surface area contributed by atoms with E-state index in [1.807, 2.05) is 23.9 Å². The number of sulfone groups is 1. The standard InChI is InChI=1S/C24H20ClN3O3S2/c1-28-14-13-26-24(28)32-22-12-11-19(25)15-21(22)27-23(29)18-9-7-17(8-10-18)16-33(30,31)20-5-3-2-4-6-20/h2-15H,16H2,1H3,(H,27,29). The number of halogens is 1. The summed E-state index contributed by atoms with van der Waals surface area (Å²) in [4.78, 5) is 18.2. The SMILES string of the molecule is Cn1ccnc1Sc1ccc(Cl)cc1NC(=O)c1ccc(CS(=O)(=O)c2ccccc2)cc1. The number of aromatic nitrogens is 2. The second-order valence-corrected chi connectivity index (χ2v) is 10.7. The van der Waals surface area contributed by atoms with Crippen molar-refractivity contribution in [3.05, 3.63) is 101 Å². The van der Waals surface area contributed by atoms with Gasteiger partial charge in [-0.3, -0.25) is 4.79 Å². The Morgan fingerprint density at radius 1 is 1.06 bits per heavy atom. The maximum Gasteiger partial charge on any atom is 0.255 e. The monoisotopic (exact) mass is 497 g/mol. The van der Waals surface area contributed by atoms with E-state index >= 15 is 0 Å². The van der Waals surface area contributed by atoms with Crippen molar-refractivity contribution in [2.45, 2.75) is 20.7 Å². The van der Waals surface area contributed by atoms with E-state index in [1.54, 1.807) is 72.9 Å². The third-order valence-electron chi connectivity index (χ3n) is 4.84. The molecule has 1 N–H and O–H groups in total. The Bertz CT molecular complexity index is 1390. The summed E-state index contributed by atoms with van der Waals surface area (Å²) >= 11 is 7.57. The molecule has 0 aliphatic heterocycles. The van der Waals surface area contributed by atoms with Crippen LogP contribution in [0.25, 0.3) is 0 Å². The number of amides is 1. The van der Waals surface area contributed by atoms with Crippen LogP contribution in [0.4, 0.5) is 5.69 Å². The number of carbonyl (C=O) groups excluding carboxylic acids is 1. The van der Waals surface area contributed by atoms with Gasteiger partial charge in [0.1, 0.15) is 0 Å². The maximum absolute atomic E-state index is 12.9. The van der Waals surface area contributed by atoms with E-state index in [1.165, 1.54) is 11.8 Å². The number of nitrogens with zero attached hydrogens (tertiary/aromatic N) is 2. The van der Waals surface area contributed by atoms with Crippen molar-refractivity contribution < 1.29 is 13.2 Å². The zero-order valence-corrected chi connectivity index (χ0v) is 20.0. The summed E-state index contributed by atoms with van der Waals surface area (Å²) in [6.45, 7) is 0. The first-order chi connectivity index (χ1) is 15.8. The van der Waals surface area contributed by atoms with Crippen LogP contribution in [0, 0.1) is 0 Å². The van der Waals surface area contributed by atoms with E-state index in [4.69, 9.17) is 11.6 Å². The highest BCUT2D eigenvalue weighted by atomic mass is 35.5. The Labute approximate surface area is 201 Å².